The second kappa shape index (κ2) is 9.37. The topological polar surface area (TPSA) is 61.8 Å². The van der Waals surface area contributed by atoms with Crippen LogP contribution in [0.15, 0.2) is 72.8 Å². The van der Waals surface area contributed by atoms with Crippen LogP contribution in [-0.4, -0.2) is 26.0 Å². The fourth-order valence-corrected chi connectivity index (χ4v) is 2.64. The number of benzene rings is 3. The number of hydrogen-bond donors (Lipinski definition) is 0. The molecule has 5 nitrogen and oxygen atoms in total. The van der Waals surface area contributed by atoms with Gasteiger partial charge < -0.3 is 14.2 Å². The number of ether oxygens (including phenoxy) is 3. The van der Waals surface area contributed by atoms with Gasteiger partial charge in [-0.25, -0.2) is 4.79 Å². The Bertz CT molecular complexity index is 933. The molecule has 0 unspecified atom stereocenters. The van der Waals surface area contributed by atoms with E-state index in [0.717, 1.165) is 16.7 Å². The zero-order chi connectivity index (χ0) is 19.8. The Morgan fingerprint density at radius 1 is 0.893 bits per heavy atom. The first-order valence-corrected chi connectivity index (χ1v) is 8.75. The average Bonchev–Trinajstić information content (AvgIpc) is 2.77. The predicted molar refractivity (Wildman–Crippen MR) is 106 cm³/mol. The first kappa shape index (κ1) is 19.2. The Labute approximate surface area is 163 Å². The van der Waals surface area contributed by atoms with Gasteiger partial charge in [0.1, 0.15) is 12.9 Å². The van der Waals surface area contributed by atoms with Crippen LogP contribution in [-0.2, 0) is 16.1 Å². The van der Waals surface area contributed by atoms with Crippen molar-refractivity contribution in [1.82, 2.24) is 0 Å². The molecule has 3 aromatic carbocycles. The fraction of sp³-hybridized carbons (Fsp3) is 0.130. The third kappa shape index (κ3) is 4.98. The highest BCUT2D eigenvalue weighted by Gasteiger charge is 2.10. The molecule has 142 valence electrons. The number of methoxy groups -OCH3 is 1. The van der Waals surface area contributed by atoms with Crippen LogP contribution in [0.1, 0.15) is 15.9 Å². The molecule has 0 heterocycles. The van der Waals surface area contributed by atoms with Crippen molar-refractivity contribution in [3.8, 4) is 22.6 Å². The van der Waals surface area contributed by atoms with Crippen molar-refractivity contribution < 1.29 is 23.8 Å². The summed E-state index contributed by atoms with van der Waals surface area (Å²) in [5, 5.41) is 0. The van der Waals surface area contributed by atoms with Gasteiger partial charge in [0.25, 0.3) is 0 Å². The minimum Gasteiger partial charge on any atom is -0.493 e. The first-order valence-electron chi connectivity index (χ1n) is 8.75. The number of carbonyl (C=O) groups excluding carboxylic acids is 2. The van der Waals surface area contributed by atoms with Gasteiger partial charge in [0.05, 0.1) is 7.11 Å². The normalized spacial score (nSPS) is 10.2. The highest BCUT2D eigenvalue weighted by molar-refractivity contribution is 5.76. The lowest BCUT2D eigenvalue weighted by atomic mass is 10.0. The van der Waals surface area contributed by atoms with Crippen molar-refractivity contribution in [3.63, 3.8) is 0 Å². The molecule has 0 atom stereocenters. The van der Waals surface area contributed by atoms with E-state index in [2.05, 4.69) is 0 Å². The summed E-state index contributed by atoms with van der Waals surface area (Å²) in [5.74, 6) is 0.264. The second-order valence-electron chi connectivity index (χ2n) is 6.04. The van der Waals surface area contributed by atoms with E-state index in [1.54, 1.807) is 18.2 Å². The van der Waals surface area contributed by atoms with E-state index < -0.39 is 5.97 Å². The second-order valence-corrected chi connectivity index (χ2v) is 6.04. The Morgan fingerprint density at radius 2 is 1.61 bits per heavy atom. The van der Waals surface area contributed by atoms with Crippen LogP contribution >= 0.6 is 0 Å². The molecule has 3 rings (SSSR count). The van der Waals surface area contributed by atoms with Crippen LogP contribution in [0, 0.1) is 0 Å². The third-order valence-electron chi connectivity index (χ3n) is 4.13. The van der Waals surface area contributed by atoms with Gasteiger partial charge in [-0.1, -0.05) is 54.6 Å². The van der Waals surface area contributed by atoms with Crippen LogP contribution in [0.2, 0.25) is 0 Å². The summed E-state index contributed by atoms with van der Waals surface area (Å²) >= 11 is 0. The zero-order valence-corrected chi connectivity index (χ0v) is 15.5. The van der Waals surface area contributed by atoms with E-state index in [0.29, 0.717) is 23.3 Å². The molecule has 0 aliphatic carbocycles. The van der Waals surface area contributed by atoms with Crippen molar-refractivity contribution >= 4 is 12.3 Å². The summed E-state index contributed by atoms with van der Waals surface area (Å²) in [4.78, 5) is 22.8. The van der Waals surface area contributed by atoms with Crippen LogP contribution in [0.25, 0.3) is 11.1 Å². The third-order valence-corrected chi connectivity index (χ3v) is 4.13. The smallest absolute Gasteiger partial charge is 0.344 e. The van der Waals surface area contributed by atoms with Gasteiger partial charge in [-0.15, -0.1) is 0 Å². The Balaban J connectivity index is 1.51. The van der Waals surface area contributed by atoms with E-state index in [-0.39, 0.29) is 13.2 Å². The van der Waals surface area contributed by atoms with Gasteiger partial charge in [0.2, 0.25) is 0 Å². The highest BCUT2D eigenvalue weighted by Crippen LogP contribution is 2.27. The molecular weight excluding hydrogens is 356 g/mol. The fourth-order valence-electron chi connectivity index (χ4n) is 2.64. The quantitative estimate of drug-likeness (QED) is 0.433. The van der Waals surface area contributed by atoms with E-state index >= 15 is 0 Å². The SMILES string of the molecule is COc1cc(C=O)ccc1OCC(=O)OCc1ccc(-c2ccccc2)cc1. The molecule has 0 aliphatic heterocycles. The lowest BCUT2D eigenvalue weighted by Gasteiger charge is -2.11. The summed E-state index contributed by atoms with van der Waals surface area (Å²) in [7, 11) is 1.47. The van der Waals surface area contributed by atoms with Gasteiger partial charge >= 0.3 is 5.97 Å². The molecule has 3 aromatic rings. The summed E-state index contributed by atoms with van der Waals surface area (Å²) in [6.07, 6.45) is 0.712. The molecule has 0 amide bonds. The summed E-state index contributed by atoms with van der Waals surface area (Å²) < 4.78 is 15.9. The molecule has 0 saturated carbocycles. The summed E-state index contributed by atoms with van der Waals surface area (Å²) in [6, 6.07) is 22.6. The monoisotopic (exact) mass is 376 g/mol. The van der Waals surface area contributed by atoms with Crippen LogP contribution in [0.3, 0.4) is 0 Å². The molecule has 0 saturated heterocycles. The zero-order valence-electron chi connectivity index (χ0n) is 15.5. The molecule has 5 heteroatoms. The molecule has 0 radical (unpaired) electrons. The molecule has 0 fully saturated rings. The van der Waals surface area contributed by atoms with Gasteiger partial charge in [-0.2, -0.15) is 0 Å². The van der Waals surface area contributed by atoms with Gasteiger partial charge in [0, 0.05) is 5.56 Å². The van der Waals surface area contributed by atoms with Gasteiger partial charge in [-0.3, -0.25) is 4.79 Å². The molecule has 0 bridgehead atoms. The maximum Gasteiger partial charge on any atom is 0.344 e. The maximum atomic E-state index is 12.0. The van der Waals surface area contributed by atoms with E-state index in [9.17, 15) is 9.59 Å². The van der Waals surface area contributed by atoms with Crippen molar-refractivity contribution in [1.29, 1.82) is 0 Å². The number of aldehydes is 1. The minimum absolute atomic E-state index is 0.165. The maximum absolute atomic E-state index is 12.0. The Hall–Kier alpha value is -3.60. The lowest BCUT2D eigenvalue weighted by Crippen LogP contribution is -2.15. The average molecular weight is 376 g/mol. The van der Waals surface area contributed by atoms with Crippen molar-refractivity contribution in [2.75, 3.05) is 13.7 Å². The number of rotatable bonds is 8. The molecular formula is C23H20O5. The lowest BCUT2D eigenvalue weighted by molar-refractivity contribution is -0.147. The Morgan fingerprint density at radius 3 is 2.29 bits per heavy atom. The van der Waals surface area contributed by atoms with Crippen LogP contribution in [0.4, 0.5) is 0 Å². The van der Waals surface area contributed by atoms with Crippen molar-refractivity contribution in [2.24, 2.45) is 0 Å². The van der Waals surface area contributed by atoms with Crippen molar-refractivity contribution in [3.05, 3.63) is 83.9 Å². The van der Waals surface area contributed by atoms with Crippen LogP contribution in [0.5, 0.6) is 11.5 Å². The van der Waals surface area contributed by atoms with Gasteiger partial charge in [-0.05, 0) is 34.9 Å². The predicted octanol–water partition coefficient (Wildman–Crippen LogP) is 4.30. The van der Waals surface area contributed by atoms with Crippen molar-refractivity contribution in [2.45, 2.75) is 6.61 Å². The van der Waals surface area contributed by atoms with E-state index in [4.69, 9.17) is 14.2 Å². The first-order chi connectivity index (χ1) is 13.7. The largest absolute Gasteiger partial charge is 0.493 e. The summed E-state index contributed by atoms with van der Waals surface area (Å²) in [6.45, 7) is -0.0859. The minimum atomic E-state index is -0.492. The summed E-state index contributed by atoms with van der Waals surface area (Å²) in [5.41, 5.74) is 3.59. The molecule has 0 N–H and O–H groups in total. The van der Waals surface area contributed by atoms with Gasteiger partial charge in [0.15, 0.2) is 18.1 Å². The van der Waals surface area contributed by atoms with Crippen LogP contribution < -0.4 is 9.47 Å². The number of esters is 1. The molecule has 0 aromatic heterocycles. The van der Waals surface area contributed by atoms with E-state index in [1.807, 2.05) is 54.6 Å². The molecule has 28 heavy (non-hydrogen) atoms. The Kier molecular flexibility index (Phi) is 6.41. The molecule has 0 aliphatic rings. The standard InChI is InChI=1S/C23H20O5/c1-26-22-13-18(14-24)9-12-21(22)27-16-23(25)28-15-17-7-10-20(11-8-17)19-5-3-2-4-6-19/h2-14H,15-16H2,1H3. The highest BCUT2D eigenvalue weighted by atomic mass is 16.6. The molecule has 0 spiro atoms. The van der Waals surface area contributed by atoms with E-state index in [1.165, 1.54) is 7.11 Å². The number of carbonyl (C=O) groups is 2. The number of hydrogen-bond acceptors (Lipinski definition) is 5.